The highest BCUT2D eigenvalue weighted by atomic mass is 16.5. The molecule has 106 valence electrons. The van der Waals surface area contributed by atoms with Crippen LogP contribution < -0.4 is 5.32 Å². The van der Waals surface area contributed by atoms with Crippen LogP contribution >= 0.6 is 0 Å². The molecule has 0 unspecified atom stereocenters. The average Bonchev–Trinajstić information content (AvgIpc) is 2.24. The number of carbonyl (C=O) groups is 1. The van der Waals surface area contributed by atoms with Gasteiger partial charge in [-0.1, -0.05) is 6.92 Å². The number of rotatable bonds is 3. The van der Waals surface area contributed by atoms with Crippen molar-refractivity contribution in [1.29, 1.82) is 0 Å². The zero-order valence-electron chi connectivity index (χ0n) is 11.9. The molecule has 1 N–H and O–H groups in total. The Balaban J connectivity index is 1.52. The summed E-state index contributed by atoms with van der Waals surface area (Å²) in [6.45, 7) is 3.37. The first-order chi connectivity index (χ1) is 9.13. The lowest BCUT2D eigenvalue weighted by atomic mass is 9.53. The molecule has 4 bridgehead atoms. The minimum atomic E-state index is -0.205. The molecule has 1 saturated heterocycles. The third-order valence-electron chi connectivity index (χ3n) is 6.33. The minimum Gasteiger partial charge on any atom is -0.379 e. The van der Waals surface area contributed by atoms with Crippen LogP contribution in [0, 0.1) is 23.2 Å². The normalized spacial score (nSPS) is 45.8. The molecule has 0 aromatic carbocycles. The van der Waals surface area contributed by atoms with Gasteiger partial charge in [-0.15, -0.1) is 0 Å². The van der Waals surface area contributed by atoms with Crippen molar-refractivity contribution in [2.75, 3.05) is 13.2 Å². The van der Waals surface area contributed by atoms with E-state index >= 15 is 0 Å². The first-order valence-electron chi connectivity index (χ1n) is 8.03. The van der Waals surface area contributed by atoms with Gasteiger partial charge in [-0.05, 0) is 62.7 Å². The second-order valence-corrected chi connectivity index (χ2v) is 7.78. The van der Waals surface area contributed by atoms with Crippen LogP contribution in [-0.4, -0.2) is 24.7 Å². The Morgan fingerprint density at radius 1 is 1.11 bits per heavy atom. The lowest BCUT2D eigenvalue weighted by Crippen LogP contribution is -2.64. The summed E-state index contributed by atoms with van der Waals surface area (Å²) in [7, 11) is 0. The molecule has 0 aromatic rings. The van der Waals surface area contributed by atoms with Crippen molar-refractivity contribution in [1.82, 2.24) is 5.32 Å². The van der Waals surface area contributed by atoms with E-state index in [1.807, 2.05) is 0 Å². The Kier molecular flexibility index (Phi) is 2.55. The molecule has 4 aliphatic carbocycles. The fourth-order valence-corrected chi connectivity index (χ4v) is 5.48. The van der Waals surface area contributed by atoms with Gasteiger partial charge in [0.15, 0.2) is 0 Å². The van der Waals surface area contributed by atoms with Crippen molar-refractivity contribution in [3.05, 3.63) is 0 Å². The van der Waals surface area contributed by atoms with Crippen molar-refractivity contribution in [2.24, 2.45) is 23.2 Å². The maximum absolute atomic E-state index is 12.7. The number of carbonyl (C=O) groups excluding carboxylic acids is 1. The predicted octanol–water partition coefficient (Wildman–Crippen LogP) is 2.50. The van der Waals surface area contributed by atoms with Gasteiger partial charge in [0.1, 0.15) is 0 Å². The van der Waals surface area contributed by atoms with Gasteiger partial charge >= 0.3 is 0 Å². The van der Waals surface area contributed by atoms with Gasteiger partial charge in [-0.25, -0.2) is 0 Å². The van der Waals surface area contributed by atoms with Crippen molar-refractivity contribution in [2.45, 2.75) is 57.4 Å². The highest BCUT2D eigenvalue weighted by Crippen LogP contribution is 2.55. The Bertz CT molecular complexity index is 359. The van der Waals surface area contributed by atoms with Crippen LogP contribution in [0.4, 0.5) is 0 Å². The molecule has 0 radical (unpaired) electrons. The number of amides is 1. The highest BCUT2D eigenvalue weighted by Gasteiger charge is 2.54. The molecular formula is C16H25NO2. The van der Waals surface area contributed by atoms with E-state index in [-0.39, 0.29) is 16.9 Å². The smallest absolute Gasteiger partial charge is 0.231 e. The van der Waals surface area contributed by atoms with Crippen LogP contribution in [0.15, 0.2) is 0 Å². The average molecular weight is 263 g/mol. The maximum Gasteiger partial charge on any atom is 0.231 e. The highest BCUT2D eigenvalue weighted by molar-refractivity contribution is 5.84. The lowest BCUT2D eigenvalue weighted by Gasteiger charge is -2.57. The Morgan fingerprint density at radius 3 is 2.00 bits per heavy atom. The van der Waals surface area contributed by atoms with Crippen molar-refractivity contribution >= 4 is 5.91 Å². The number of ether oxygens (including phenoxy) is 1. The fourth-order valence-electron chi connectivity index (χ4n) is 5.48. The molecule has 5 aliphatic rings. The summed E-state index contributed by atoms with van der Waals surface area (Å²) in [5.74, 6) is 2.95. The van der Waals surface area contributed by atoms with Crippen LogP contribution in [0.25, 0.3) is 0 Å². The summed E-state index contributed by atoms with van der Waals surface area (Å²) in [5, 5.41) is 3.50. The van der Waals surface area contributed by atoms with Gasteiger partial charge in [0.05, 0.1) is 18.6 Å². The second-order valence-electron chi connectivity index (χ2n) is 7.78. The van der Waals surface area contributed by atoms with E-state index in [0.717, 1.165) is 24.2 Å². The van der Waals surface area contributed by atoms with E-state index in [1.54, 1.807) is 0 Å². The second kappa shape index (κ2) is 3.97. The summed E-state index contributed by atoms with van der Waals surface area (Å²) in [6.07, 6.45) is 8.92. The summed E-state index contributed by atoms with van der Waals surface area (Å²) < 4.78 is 5.31. The number of nitrogens with one attached hydrogen (secondary N) is 1. The van der Waals surface area contributed by atoms with E-state index in [9.17, 15) is 4.79 Å². The molecular weight excluding hydrogens is 238 g/mol. The van der Waals surface area contributed by atoms with Crippen molar-refractivity contribution in [3.63, 3.8) is 0 Å². The predicted molar refractivity (Wildman–Crippen MR) is 72.6 cm³/mol. The molecule has 3 nitrogen and oxygen atoms in total. The Labute approximate surface area is 115 Å². The molecule has 3 heteroatoms. The van der Waals surface area contributed by atoms with Gasteiger partial charge in [0, 0.05) is 5.54 Å². The Hall–Kier alpha value is -0.570. The quantitative estimate of drug-likeness (QED) is 0.849. The molecule has 0 atom stereocenters. The minimum absolute atomic E-state index is 0.156. The molecule has 1 aliphatic heterocycles. The molecule has 4 saturated carbocycles. The van der Waals surface area contributed by atoms with E-state index in [0.29, 0.717) is 13.2 Å². The lowest BCUT2D eigenvalue weighted by molar-refractivity contribution is -0.167. The van der Waals surface area contributed by atoms with E-state index in [2.05, 4.69) is 12.2 Å². The van der Waals surface area contributed by atoms with Crippen molar-refractivity contribution < 1.29 is 9.53 Å². The van der Waals surface area contributed by atoms with Crippen LogP contribution in [0.1, 0.15) is 51.9 Å². The SMILES string of the molecule is CCC1(C(=O)NC23CC4CC(CC(C4)C2)C3)COC1. The van der Waals surface area contributed by atoms with Gasteiger partial charge in [0.2, 0.25) is 5.91 Å². The standard InChI is InChI=1S/C16H25NO2/c1-2-15(9-19-10-15)14(18)17-16-6-11-3-12(7-16)5-13(4-11)8-16/h11-13H,2-10H2,1H3,(H,17,18). The van der Waals surface area contributed by atoms with Gasteiger partial charge in [0.25, 0.3) is 0 Å². The number of hydrogen-bond donors (Lipinski definition) is 1. The fraction of sp³-hybridized carbons (Fsp3) is 0.938. The third-order valence-corrected chi connectivity index (χ3v) is 6.33. The molecule has 1 heterocycles. The van der Waals surface area contributed by atoms with Gasteiger partial charge < -0.3 is 10.1 Å². The summed E-state index contributed by atoms with van der Waals surface area (Å²) in [6, 6.07) is 0. The van der Waals surface area contributed by atoms with Crippen LogP contribution in [0.2, 0.25) is 0 Å². The van der Waals surface area contributed by atoms with E-state index < -0.39 is 0 Å². The summed E-state index contributed by atoms with van der Waals surface area (Å²) in [5.41, 5.74) is -0.0487. The topological polar surface area (TPSA) is 38.3 Å². The van der Waals surface area contributed by atoms with E-state index in [1.165, 1.54) is 38.5 Å². The molecule has 5 fully saturated rings. The van der Waals surface area contributed by atoms with E-state index in [4.69, 9.17) is 4.74 Å². The molecule has 5 rings (SSSR count). The maximum atomic E-state index is 12.7. The molecule has 0 spiro atoms. The zero-order valence-corrected chi connectivity index (χ0v) is 11.9. The monoisotopic (exact) mass is 263 g/mol. The van der Waals surface area contributed by atoms with Crippen LogP contribution in [0.3, 0.4) is 0 Å². The molecule has 1 amide bonds. The molecule has 19 heavy (non-hydrogen) atoms. The molecule has 0 aromatic heterocycles. The zero-order chi connectivity index (χ0) is 13.1. The van der Waals surface area contributed by atoms with Gasteiger partial charge in [-0.3, -0.25) is 4.79 Å². The first kappa shape index (κ1) is 12.2. The third kappa shape index (κ3) is 1.77. The van der Waals surface area contributed by atoms with Crippen LogP contribution in [-0.2, 0) is 9.53 Å². The summed E-state index contributed by atoms with van der Waals surface area (Å²) in [4.78, 5) is 12.7. The van der Waals surface area contributed by atoms with Crippen LogP contribution in [0.5, 0.6) is 0 Å². The summed E-state index contributed by atoms with van der Waals surface area (Å²) >= 11 is 0. The first-order valence-corrected chi connectivity index (χ1v) is 8.03. The largest absolute Gasteiger partial charge is 0.379 e. The van der Waals surface area contributed by atoms with Crippen molar-refractivity contribution in [3.8, 4) is 0 Å². The number of hydrogen-bond acceptors (Lipinski definition) is 2. The Morgan fingerprint density at radius 2 is 1.63 bits per heavy atom. The van der Waals surface area contributed by atoms with Gasteiger partial charge in [-0.2, -0.15) is 0 Å².